The first-order valence-electron chi connectivity index (χ1n) is 12.5. The topological polar surface area (TPSA) is 71.1 Å². The van der Waals surface area contributed by atoms with E-state index in [0.29, 0.717) is 42.3 Å². The van der Waals surface area contributed by atoms with Gasteiger partial charge in [-0.3, -0.25) is 0 Å². The smallest absolute Gasteiger partial charge is 0.343 e. The SMILES string of the molecule is C=CC(=O)OCCCCCCOc1ccc(C(=O)Oc2ccc(C3CCC(OC)CC3)cc2)cc1. The summed E-state index contributed by atoms with van der Waals surface area (Å²) < 4.78 is 21.7. The van der Waals surface area contributed by atoms with Gasteiger partial charge in [-0.15, -0.1) is 0 Å². The molecule has 1 aliphatic rings. The van der Waals surface area contributed by atoms with Gasteiger partial charge in [-0.25, -0.2) is 9.59 Å². The molecular formula is C29H36O6. The molecule has 0 amide bonds. The predicted octanol–water partition coefficient (Wildman–Crippen LogP) is 6.25. The van der Waals surface area contributed by atoms with E-state index < -0.39 is 0 Å². The van der Waals surface area contributed by atoms with Gasteiger partial charge in [0.25, 0.3) is 0 Å². The van der Waals surface area contributed by atoms with Crippen molar-refractivity contribution in [2.45, 2.75) is 63.4 Å². The van der Waals surface area contributed by atoms with Gasteiger partial charge in [0.1, 0.15) is 11.5 Å². The number of benzene rings is 2. The average molecular weight is 481 g/mol. The van der Waals surface area contributed by atoms with Crippen LogP contribution in [0.2, 0.25) is 0 Å². The molecule has 0 unspecified atom stereocenters. The molecule has 6 heteroatoms. The van der Waals surface area contributed by atoms with Gasteiger partial charge in [-0.05, 0) is 99.2 Å². The van der Waals surface area contributed by atoms with Crippen LogP contribution < -0.4 is 9.47 Å². The van der Waals surface area contributed by atoms with Crippen LogP contribution in [0.1, 0.15) is 73.2 Å². The van der Waals surface area contributed by atoms with Crippen molar-refractivity contribution in [2.24, 2.45) is 0 Å². The summed E-state index contributed by atoms with van der Waals surface area (Å²) in [5.74, 6) is 1.04. The van der Waals surface area contributed by atoms with Gasteiger partial charge in [-0.1, -0.05) is 18.7 Å². The number of hydrogen-bond donors (Lipinski definition) is 0. The van der Waals surface area contributed by atoms with Crippen LogP contribution in [0, 0.1) is 0 Å². The number of unbranched alkanes of at least 4 members (excludes halogenated alkanes) is 3. The zero-order valence-corrected chi connectivity index (χ0v) is 20.6. The third-order valence-corrected chi connectivity index (χ3v) is 6.38. The van der Waals surface area contributed by atoms with E-state index >= 15 is 0 Å². The minimum absolute atomic E-state index is 0.380. The molecule has 35 heavy (non-hydrogen) atoms. The standard InChI is InChI=1S/C29H36O6/c1-3-28(30)34-21-7-5-4-6-20-33-26-16-12-24(13-17-26)29(31)35-27-18-10-23(11-19-27)22-8-14-25(32-2)15-9-22/h3,10-13,16-19,22,25H,1,4-9,14-15,20-21H2,2H3. The zero-order valence-electron chi connectivity index (χ0n) is 20.6. The van der Waals surface area contributed by atoms with Crippen molar-refractivity contribution in [3.05, 3.63) is 72.3 Å². The molecule has 0 saturated heterocycles. The summed E-state index contributed by atoms with van der Waals surface area (Å²) in [6.07, 6.45) is 9.67. The van der Waals surface area contributed by atoms with Gasteiger partial charge in [0, 0.05) is 13.2 Å². The van der Waals surface area contributed by atoms with E-state index in [1.807, 2.05) is 12.1 Å². The third kappa shape index (κ3) is 8.87. The summed E-state index contributed by atoms with van der Waals surface area (Å²) in [6, 6.07) is 14.9. The van der Waals surface area contributed by atoms with Gasteiger partial charge in [0.15, 0.2) is 0 Å². The van der Waals surface area contributed by atoms with Crippen LogP contribution in [0.25, 0.3) is 0 Å². The van der Waals surface area contributed by atoms with Crippen LogP contribution in [0.4, 0.5) is 0 Å². The highest BCUT2D eigenvalue weighted by molar-refractivity contribution is 5.91. The molecule has 188 valence electrons. The monoisotopic (exact) mass is 480 g/mol. The molecule has 0 spiro atoms. The van der Waals surface area contributed by atoms with Crippen molar-refractivity contribution in [3.8, 4) is 11.5 Å². The van der Waals surface area contributed by atoms with Gasteiger partial charge in [0.2, 0.25) is 0 Å². The summed E-state index contributed by atoms with van der Waals surface area (Å²) in [7, 11) is 1.79. The van der Waals surface area contributed by atoms with Crippen molar-refractivity contribution >= 4 is 11.9 Å². The lowest BCUT2D eigenvalue weighted by Crippen LogP contribution is -2.19. The van der Waals surface area contributed by atoms with Crippen LogP contribution in [0.5, 0.6) is 11.5 Å². The number of rotatable bonds is 13. The highest BCUT2D eigenvalue weighted by atomic mass is 16.5. The fourth-order valence-corrected chi connectivity index (χ4v) is 4.27. The third-order valence-electron chi connectivity index (χ3n) is 6.38. The summed E-state index contributed by atoms with van der Waals surface area (Å²) in [4.78, 5) is 23.5. The van der Waals surface area contributed by atoms with E-state index in [-0.39, 0.29) is 11.9 Å². The first kappa shape index (κ1) is 26.5. The van der Waals surface area contributed by atoms with Crippen molar-refractivity contribution in [3.63, 3.8) is 0 Å². The first-order valence-corrected chi connectivity index (χ1v) is 12.5. The van der Waals surface area contributed by atoms with E-state index in [1.54, 1.807) is 31.4 Å². The van der Waals surface area contributed by atoms with E-state index in [4.69, 9.17) is 18.9 Å². The highest BCUT2D eigenvalue weighted by Crippen LogP contribution is 2.34. The molecule has 1 aliphatic carbocycles. The molecule has 0 radical (unpaired) electrons. The molecule has 0 atom stereocenters. The molecule has 1 fully saturated rings. The Morgan fingerprint density at radius 2 is 1.49 bits per heavy atom. The Morgan fingerprint density at radius 1 is 0.857 bits per heavy atom. The van der Waals surface area contributed by atoms with E-state index in [0.717, 1.165) is 51.4 Å². The van der Waals surface area contributed by atoms with Gasteiger partial charge in [-0.2, -0.15) is 0 Å². The number of ether oxygens (including phenoxy) is 4. The number of carbonyl (C=O) groups is 2. The Balaban J connectivity index is 1.35. The van der Waals surface area contributed by atoms with Crippen LogP contribution in [-0.2, 0) is 14.3 Å². The maximum atomic E-state index is 12.5. The zero-order chi connectivity index (χ0) is 24.9. The second kappa shape index (κ2) is 14.3. The highest BCUT2D eigenvalue weighted by Gasteiger charge is 2.22. The number of methoxy groups -OCH3 is 1. The van der Waals surface area contributed by atoms with E-state index in [9.17, 15) is 9.59 Å². The molecular weight excluding hydrogens is 444 g/mol. The Labute approximate surface area is 208 Å². The number of esters is 2. The molecule has 3 rings (SSSR count). The van der Waals surface area contributed by atoms with E-state index in [2.05, 4.69) is 18.7 Å². The van der Waals surface area contributed by atoms with Gasteiger partial charge < -0.3 is 18.9 Å². The molecule has 0 bridgehead atoms. The molecule has 0 N–H and O–H groups in total. The van der Waals surface area contributed by atoms with Gasteiger partial charge in [0.05, 0.1) is 24.9 Å². The number of hydrogen-bond acceptors (Lipinski definition) is 6. The van der Waals surface area contributed by atoms with Crippen molar-refractivity contribution in [1.29, 1.82) is 0 Å². The lowest BCUT2D eigenvalue weighted by molar-refractivity contribution is -0.137. The molecule has 6 nitrogen and oxygen atoms in total. The Kier molecular flexibility index (Phi) is 10.8. The average Bonchev–Trinajstić information content (AvgIpc) is 2.90. The lowest BCUT2D eigenvalue weighted by atomic mass is 9.83. The molecule has 0 aromatic heterocycles. The maximum absolute atomic E-state index is 12.5. The van der Waals surface area contributed by atoms with Crippen LogP contribution >= 0.6 is 0 Å². The quantitative estimate of drug-likeness (QED) is 0.146. The molecule has 2 aromatic rings. The fourth-order valence-electron chi connectivity index (χ4n) is 4.27. The summed E-state index contributed by atoms with van der Waals surface area (Å²) in [5.41, 5.74) is 1.77. The van der Waals surface area contributed by atoms with Crippen molar-refractivity contribution in [1.82, 2.24) is 0 Å². The van der Waals surface area contributed by atoms with Crippen molar-refractivity contribution in [2.75, 3.05) is 20.3 Å². The molecule has 0 heterocycles. The van der Waals surface area contributed by atoms with Crippen LogP contribution in [-0.4, -0.2) is 38.4 Å². The van der Waals surface area contributed by atoms with Crippen LogP contribution in [0.3, 0.4) is 0 Å². The second-order valence-electron chi connectivity index (χ2n) is 8.83. The first-order chi connectivity index (χ1) is 17.1. The molecule has 0 aliphatic heterocycles. The Bertz CT molecular complexity index is 927. The Morgan fingerprint density at radius 3 is 2.11 bits per heavy atom. The lowest BCUT2D eigenvalue weighted by Gasteiger charge is -2.27. The molecule has 2 aromatic carbocycles. The normalized spacial score (nSPS) is 17.4. The molecule has 1 saturated carbocycles. The van der Waals surface area contributed by atoms with Crippen LogP contribution in [0.15, 0.2) is 61.2 Å². The largest absolute Gasteiger partial charge is 0.494 e. The number of carbonyl (C=O) groups excluding carboxylic acids is 2. The Hall–Kier alpha value is -3.12. The minimum atomic E-state index is -0.387. The van der Waals surface area contributed by atoms with E-state index in [1.165, 1.54) is 11.6 Å². The maximum Gasteiger partial charge on any atom is 0.343 e. The summed E-state index contributed by atoms with van der Waals surface area (Å²) in [5, 5.41) is 0. The van der Waals surface area contributed by atoms with Gasteiger partial charge >= 0.3 is 11.9 Å². The summed E-state index contributed by atoms with van der Waals surface area (Å²) >= 11 is 0. The second-order valence-corrected chi connectivity index (χ2v) is 8.83. The predicted molar refractivity (Wildman–Crippen MR) is 135 cm³/mol. The fraction of sp³-hybridized carbons (Fsp3) is 0.448. The minimum Gasteiger partial charge on any atom is -0.494 e. The summed E-state index contributed by atoms with van der Waals surface area (Å²) in [6.45, 7) is 4.38. The van der Waals surface area contributed by atoms with Crippen molar-refractivity contribution < 1.29 is 28.5 Å².